The van der Waals surface area contributed by atoms with Gasteiger partial charge in [0.1, 0.15) is 12.6 Å². The van der Waals surface area contributed by atoms with Crippen molar-refractivity contribution in [3.8, 4) is 0 Å². The number of nitrogens with zero attached hydrogens (tertiary/aromatic N) is 3. The number of hydrogen-bond acceptors (Lipinski definition) is 6. The molecule has 2 fully saturated rings. The maximum absolute atomic E-state index is 13.4. The lowest BCUT2D eigenvalue weighted by Gasteiger charge is -2.45. The normalized spacial score (nSPS) is 21.4. The van der Waals surface area contributed by atoms with Gasteiger partial charge in [-0.1, -0.05) is 0 Å². The van der Waals surface area contributed by atoms with Gasteiger partial charge in [0, 0.05) is 39.9 Å². The molecule has 0 spiro atoms. The summed E-state index contributed by atoms with van der Waals surface area (Å²) in [7, 11) is -2.02. The highest BCUT2D eigenvalue weighted by Gasteiger charge is 2.41. The van der Waals surface area contributed by atoms with Crippen molar-refractivity contribution >= 4 is 33.2 Å². The number of benzene rings is 1. The number of amides is 2. The summed E-state index contributed by atoms with van der Waals surface area (Å²) in [5, 5.41) is 2.82. The van der Waals surface area contributed by atoms with Crippen LogP contribution in [-0.4, -0.2) is 77.0 Å². The molecule has 2 amide bonds. The van der Waals surface area contributed by atoms with Crippen molar-refractivity contribution in [2.24, 2.45) is 0 Å². The first kappa shape index (κ1) is 23.0. The fraction of sp³-hybridized carbons (Fsp3) is 0.636. The third-order valence-electron chi connectivity index (χ3n) is 6.45. The number of carbonyl (C=O) groups excluding carboxylic acids is 2. The monoisotopic (exact) mass is 464 g/mol. The van der Waals surface area contributed by atoms with Crippen LogP contribution in [0.15, 0.2) is 23.1 Å². The number of nitrogens with one attached hydrogen (secondary N) is 1. The average Bonchev–Trinajstić information content (AvgIpc) is 3.35. The van der Waals surface area contributed by atoms with E-state index in [-0.39, 0.29) is 29.3 Å². The molecule has 0 radical (unpaired) electrons. The topological polar surface area (TPSA) is 99.3 Å². The highest BCUT2D eigenvalue weighted by molar-refractivity contribution is 7.89. The largest absolute Gasteiger partial charge is 0.385 e. The maximum Gasteiger partial charge on any atom is 0.250 e. The van der Waals surface area contributed by atoms with Gasteiger partial charge in [0.25, 0.3) is 0 Å². The smallest absolute Gasteiger partial charge is 0.250 e. The van der Waals surface area contributed by atoms with E-state index in [1.807, 2.05) is 0 Å². The van der Waals surface area contributed by atoms with Crippen LogP contribution in [0.5, 0.6) is 0 Å². The van der Waals surface area contributed by atoms with Crippen molar-refractivity contribution in [2.45, 2.75) is 49.5 Å². The number of methoxy groups -OCH3 is 1. The van der Waals surface area contributed by atoms with Crippen LogP contribution in [0.2, 0.25) is 0 Å². The molecule has 0 unspecified atom stereocenters. The number of piperidine rings is 1. The van der Waals surface area contributed by atoms with E-state index in [9.17, 15) is 18.0 Å². The number of rotatable bonds is 8. The molecule has 3 heterocycles. The zero-order chi connectivity index (χ0) is 22.7. The lowest BCUT2D eigenvalue weighted by Crippen LogP contribution is -2.57. The Hall–Kier alpha value is -2.17. The second-order valence-corrected chi connectivity index (χ2v) is 10.5. The lowest BCUT2D eigenvalue weighted by atomic mass is 9.96. The minimum Gasteiger partial charge on any atom is -0.385 e. The quantitative estimate of drug-likeness (QED) is 0.583. The van der Waals surface area contributed by atoms with Crippen LogP contribution in [0, 0.1) is 0 Å². The summed E-state index contributed by atoms with van der Waals surface area (Å²) in [6, 6.07) is 4.70. The molecule has 10 heteroatoms. The number of anilines is 2. The lowest BCUT2D eigenvalue weighted by molar-refractivity contribution is -0.125. The molecule has 4 rings (SSSR count). The van der Waals surface area contributed by atoms with Gasteiger partial charge < -0.3 is 15.0 Å². The van der Waals surface area contributed by atoms with E-state index >= 15 is 0 Å². The zero-order valence-corrected chi connectivity index (χ0v) is 19.4. The number of ether oxygens (including phenoxy) is 1. The van der Waals surface area contributed by atoms with Crippen molar-refractivity contribution < 1.29 is 22.7 Å². The van der Waals surface area contributed by atoms with Crippen molar-refractivity contribution in [3.05, 3.63) is 18.2 Å². The second kappa shape index (κ2) is 9.76. The Labute approximate surface area is 189 Å². The predicted octanol–water partition coefficient (Wildman–Crippen LogP) is 1.33. The van der Waals surface area contributed by atoms with Crippen molar-refractivity contribution in [3.63, 3.8) is 0 Å². The fourth-order valence-electron chi connectivity index (χ4n) is 4.78. The van der Waals surface area contributed by atoms with Gasteiger partial charge in [-0.3, -0.25) is 14.5 Å². The Bertz CT molecular complexity index is 961. The fourth-order valence-corrected chi connectivity index (χ4v) is 6.32. The minimum atomic E-state index is -3.63. The first-order valence-corrected chi connectivity index (χ1v) is 12.9. The third-order valence-corrected chi connectivity index (χ3v) is 8.35. The van der Waals surface area contributed by atoms with E-state index in [1.54, 1.807) is 25.3 Å². The number of fused-ring (bicyclic) bond motifs is 3. The molecule has 9 nitrogen and oxygen atoms in total. The van der Waals surface area contributed by atoms with Gasteiger partial charge in [0.2, 0.25) is 21.8 Å². The minimum absolute atomic E-state index is 0.129. The van der Waals surface area contributed by atoms with E-state index in [4.69, 9.17) is 4.74 Å². The number of hydrogen-bond donors (Lipinski definition) is 1. The van der Waals surface area contributed by atoms with Gasteiger partial charge in [0.15, 0.2) is 0 Å². The summed E-state index contributed by atoms with van der Waals surface area (Å²) in [5.74, 6) is -0.405. The number of carbonyl (C=O) groups is 2. The molecule has 1 atom stereocenters. The maximum atomic E-state index is 13.4. The Morgan fingerprint density at radius 1 is 1.12 bits per heavy atom. The predicted molar refractivity (Wildman–Crippen MR) is 121 cm³/mol. The van der Waals surface area contributed by atoms with Crippen molar-refractivity contribution in [1.29, 1.82) is 0 Å². The highest BCUT2D eigenvalue weighted by Crippen LogP contribution is 2.41. The van der Waals surface area contributed by atoms with Crippen LogP contribution in [0.3, 0.4) is 0 Å². The van der Waals surface area contributed by atoms with Gasteiger partial charge in [-0.2, -0.15) is 4.31 Å². The van der Waals surface area contributed by atoms with E-state index in [2.05, 4.69) is 10.2 Å². The standard InChI is InChI=1S/C22H32N4O5S/c1-31-14-6-10-23-21(27)16-26-20-15-17(32(29,30)24-11-4-5-12-24)8-9-18(20)25-13-3-2-7-19(25)22(26)28/h8-9,15,19H,2-7,10-14,16H2,1H3,(H,23,27)/t19-/m0/s1. The summed E-state index contributed by atoms with van der Waals surface area (Å²) in [4.78, 5) is 29.7. The SMILES string of the molecule is COCCCNC(=O)CN1C(=O)[C@@H]2CCCCN2c2ccc(S(=O)(=O)N3CCCC3)cc21. The van der Waals surface area contributed by atoms with Crippen LogP contribution in [0.25, 0.3) is 0 Å². The molecule has 176 valence electrons. The van der Waals surface area contributed by atoms with Gasteiger partial charge in [-0.25, -0.2) is 8.42 Å². The molecule has 2 saturated heterocycles. The van der Waals surface area contributed by atoms with E-state index < -0.39 is 10.0 Å². The van der Waals surface area contributed by atoms with E-state index in [1.165, 1.54) is 9.21 Å². The van der Waals surface area contributed by atoms with Crippen molar-refractivity contribution in [1.82, 2.24) is 9.62 Å². The first-order valence-electron chi connectivity index (χ1n) is 11.4. The van der Waals surface area contributed by atoms with Crippen LogP contribution < -0.4 is 15.1 Å². The molecule has 32 heavy (non-hydrogen) atoms. The van der Waals surface area contributed by atoms with Crippen LogP contribution in [0.1, 0.15) is 38.5 Å². The summed E-state index contributed by atoms with van der Waals surface area (Å²) >= 11 is 0. The molecule has 3 aliphatic heterocycles. The first-order chi connectivity index (χ1) is 15.4. The molecule has 1 N–H and O–H groups in total. The Morgan fingerprint density at radius 3 is 2.62 bits per heavy atom. The Kier molecular flexibility index (Phi) is 7.02. The van der Waals surface area contributed by atoms with Crippen molar-refractivity contribution in [2.75, 3.05) is 56.2 Å². The molecule has 1 aromatic rings. The van der Waals surface area contributed by atoms with Gasteiger partial charge in [-0.05, 0) is 56.7 Å². The number of sulfonamides is 1. The summed E-state index contributed by atoms with van der Waals surface area (Å²) < 4.78 is 32.8. The third kappa shape index (κ3) is 4.49. The summed E-state index contributed by atoms with van der Waals surface area (Å²) in [6.07, 6.45) is 5.07. The summed E-state index contributed by atoms with van der Waals surface area (Å²) in [5.41, 5.74) is 1.32. The van der Waals surface area contributed by atoms with Gasteiger partial charge in [0.05, 0.1) is 16.3 Å². The Balaban J connectivity index is 1.64. The van der Waals surface area contributed by atoms with Crippen LogP contribution in [-0.2, 0) is 24.3 Å². The molecular weight excluding hydrogens is 432 g/mol. The van der Waals surface area contributed by atoms with Gasteiger partial charge in [-0.15, -0.1) is 0 Å². The van der Waals surface area contributed by atoms with E-state index in [0.29, 0.717) is 38.3 Å². The molecule has 0 saturated carbocycles. The van der Waals surface area contributed by atoms with Gasteiger partial charge >= 0.3 is 0 Å². The van der Waals surface area contributed by atoms with Crippen LogP contribution >= 0.6 is 0 Å². The summed E-state index contributed by atoms with van der Waals surface area (Å²) in [6.45, 7) is 2.65. The molecule has 3 aliphatic rings. The molecule has 0 bridgehead atoms. The zero-order valence-electron chi connectivity index (χ0n) is 18.6. The molecule has 0 aromatic heterocycles. The van der Waals surface area contributed by atoms with Crippen LogP contribution in [0.4, 0.5) is 11.4 Å². The second-order valence-electron chi connectivity index (χ2n) is 8.59. The molecular formula is C22H32N4O5S. The van der Waals surface area contributed by atoms with E-state index in [0.717, 1.165) is 44.3 Å². The highest BCUT2D eigenvalue weighted by atomic mass is 32.2. The molecule has 0 aliphatic carbocycles. The molecule has 1 aromatic carbocycles. The Morgan fingerprint density at radius 2 is 1.88 bits per heavy atom. The average molecular weight is 465 g/mol.